The van der Waals surface area contributed by atoms with Crippen molar-refractivity contribution < 1.29 is 9.53 Å². The predicted octanol–water partition coefficient (Wildman–Crippen LogP) is 3.41. The number of esters is 1. The Kier molecular flexibility index (Phi) is 6.76. The molecule has 0 bridgehead atoms. The van der Waals surface area contributed by atoms with E-state index in [-0.39, 0.29) is 11.5 Å². The standard InChI is InChI=1S/C14H29NO2/c1-6-8-10-14(15,9-7-2)11-12(16)17-13(3,4)5/h6-11,15H2,1-5H3/t14-/m0/s1. The molecule has 3 nitrogen and oxygen atoms in total. The summed E-state index contributed by atoms with van der Waals surface area (Å²) >= 11 is 0. The van der Waals surface area contributed by atoms with Crippen LogP contribution in [0.2, 0.25) is 0 Å². The molecule has 0 aliphatic carbocycles. The van der Waals surface area contributed by atoms with Crippen LogP contribution < -0.4 is 5.73 Å². The Balaban J connectivity index is 4.37. The van der Waals surface area contributed by atoms with E-state index in [1.807, 2.05) is 20.8 Å². The maximum absolute atomic E-state index is 11.8. The SMILES string of the molecule is CCCC[C@@](N)(CCC)CC(=O)OC(C)(C)C. The van der Waals surface area contributed by atoms with Gasteiger partial charge in [0.25, 0.3) is 0 Å². The Morgan fingerprint density at radius 3 is 2.12 bits per heavy atom. The molecule has 0 fully saturated rings. The van der Waals surface area contributed by atoms with E-state index in [1.165, 1.54) is 0 Å². The highest BCUT2D eigenvalue weighted by Crippen LogP contribution is 2.23. The lowest BCUT2D eigenvalue weighted by Crippen LogP contribution is -2.43. The fourth-order valence-electron chi connectivity index (χ4n) is 1.99. The van der Waals surface area contributed by atoms with E-state index >= 15 is 0 Å². The summed E-state index contributed by atoms with van der Waals surface area (Å²) in [7, 11) is 0. The lowest BCUT2D eigenvalue weighted by molar-refractivity contribution is -0.156. The molecule has 0 heterocycles. The molecule has 0 saturated carbocycles. The summed E-state index contributed by atoms with van der Waals surface area (Å²) in [5.41, 5.74) is 5.51. The summed E-state index contributed by atoms with van der Waals surface area (Å²) in [4.78, 5) is 11.8. The lowest BCUT2D eigenvalue weighted by Gasteiger charge is -2.30. The number of unbranched alkanes of at least 4 members (excludes halogenated alkanes) is 1. The number of rotatable bonds is 7. The molecule has 0 spiro atoms. The van der Waals surface area contributed by atoms with Crippen molar-refractivity contribution in [2.24, 2.45) is 5.73 Å². The van der Waals surface area contributed by atoms with Crippen LogP contribution in [-0.2, 0) is 9.53 Å². The van der Waals surface area contributed by atoms with Crippen molar-refractivity contribution in [2.45, 2.75) is 84.3 Å². The van der Waals surface area contributed by atoms with Gasteiger partial charge in [0, 0.05) is 5.54 Å². The Labute approximate surface area is 106 Å². The van der Waals surface area contributed by atoms with E-state index in [1.54, 1.807) is 0 Å². The molecule has 0 amide bonds. The van der Waals surface area contributed by atoms with Gasteiger partial charge in [0.15, 0.2) is 0 Å². The van der Waals surface area contributed by atoms with Crippen LogP contribution in [0.5, 0.6) is 0 Å². The van der Waals surface area contributed by atoms with Crippen LogP contribution >= 0.6 is 0 Å². The van der Waals surface area contributed by atoms with Crippen molar-refractivity contribution >= 4 is 5.97 Å². The normalized spacial score (nSPS) is 15.4. The number of carbonyl (C=O) groups is 1. The van der Waals surface area contributed by atoms with Crippen LogP contribution in [0, 0.1) is 0 Å². The summed E-state index contributed by atoms with van der Waals surface area (Å²) in [6, 6.07) is 0. The van der Waals surface area contributed by atoms with Gasteiger partial charge in [-0.15, -0.1) is 0 Å². The van der Waals surface area contributed by atoms with Gasteiger partial charge in [0.05, 0.1) is 6.42 Å². The number of hydrogen-bond acceptors (Lipinski definition) is 3. The maximum Gasteiger partial charge on any atom is 0.308 e. The highest BCUT2D eigenvalue weighted by atomic mass is 16.6. The minimum Gasteiger partial charge on any atom is -0.460 e. The van der Waals surface area contributed by atoms with Gasteiger partial charge in [-0.3, -0.25) is 4.79 Å². The Morgan fingerprint density at radius 2 is 1.71 bits per heavy atom. The second kappa shape index (κ2) is 7.00. The van der Waals surface area contributed by atoms with Crippen molar-refractivity contribution in [1.29, 1.82) is 0 Å². The Bertz CT molecular complexity index is 233. The first-order valence-corrected chi connectivity index (χ1v) is 6.73. The first-order valence-electron chi connectivity index (χ1n) is 6.73. The minimum atomic E-state index is -0.422. The molecular weight excluding hydrogens is 214 g/mol. The third-order valence-electron chi connectivity index (χ3n) is 2.69. The third-order valence-corrected chi connectivity index (χ3v) is 2.69. The van der Waals surface area contributed by atoms with E-state index in [9.17, 15) is 4.79 Å². The Hall–Kier alpha value is -0.570. The zero-order valence-electron chi connectivity index (χ0n) is 12.1. The van der Waals surface area contributed by atoms with Crippen molar-refractivity contribution in [3.63, 3.8) is 0 Å². The molecule has 0 aliphatic rings. The minimum absolute atomic E-state index is 0.176. The molecule has 1 atom stereocenters. The Morgan fingerprint density at radius 1 is 1.12 bits per heavy atom. The quantitative estimate of drug-likeness (QED) is 0.697. The molecule has 0 saturated heterocycles. The van der Waals surface area contributed by atoms with Gasteiger partial charge in [-0.05, 0) is 33.6 Å². The molecule has 102 valence electrons. The zero-order valence-corrected chi connectivity index (χ0v) is 12.1. The van der Waals surface area contributed by atoms with Gasteiger partial charge in [-0.25, -0.2) is 0 Å². The van der Waals surface area contributed by atoms with Crippen molar-refractivity contribution in [3.8, 4) is 0 Å². The molecular formula is C14H29NO2. The van der Waals surface area contributed by atoms with Crippen LogP contribution in [-0.4, -0.2) is 17.1 Å². The summed E-state index contributed by atoms with van der Waals surface area (Å²) in [6.07, 6.45) is 5.29. The van der Waals surface area contributed by atoms with Crippen molar-refractivity contribution in [1.82, 2.24) is 0 Å². The van der Waals surface area contributed by atoms with Crippen LogP contribution in [0.4, 0.5) is 0 Å². The average molecular weight is 243 g/mol. The van der Waals surface area contributed by atoms with Gasteiger partial charge < -0.3 is 10.5 Å². The second-order valence-electron chi connectivity index (χ2n) is 5.98. The number of hydrogen-bond donors (Lipinski definition) is 1. The fraction of sp³-hybridized carbons (Fsp3) is 0.929. The van der Waals surface area contributed by atoms with Gasteiger partial charge in [0.2, 0.25) is 0 Å². The smallest absolute Gasteiger partial charge is 0.308 e. The van der Waals surface area contributed by atoms with E-state index in [0.717, 1.165) is 32.1 Å². The lowest BCUT2D eigenvalue weighted by atomic mass is 9.86. The molecule has 2 N–H and O–H groups in total. The second-order valence-corrected chi connectivity index (χ2v) is 5.98. The first kappa shape index (κ1) is 16.4. The summed E-state index contributed by atoms with van der Waals surface area (Å²) in [5.74, 6) is -0.176. The van der Waals surface area contributed by atoms with Crippen molar-refractivity contribution in [3.05, 3.63) is 0 Å². The van der Waals surface area contributed by atoms with E-state index in [0.29, 0.717) is 6.42 Å². The van der Waals surface area contributed by atoms with E-state index in [4.69, 9.17) is 10.5 Å². The molecule has 0 aromatic rings. The molecule has 0 radical (unpaired) electrons. The highest BCUT2D eigenvalue weighted by molar-refractivity contribution is 5.71. The molecule has 17 heavy (non-hydrogen) atoms. The van der Waals surface area contributed by atoms with Gasteiger partial charge >= 0.3 is 5.97 Å². The van der Waals surface area contributed by atoms with Gasteiger partial charge in [-0.2, -0.15) is 0 Å². The summed E-state index contributed by atoms with van der Waals surface area (Å²) in [5, 5.41) is 0. The molecule has 0 aliphatic heterocycles. The molecule has 0 aromatic heterocycles. The highest BCUT2D eigenvalue weighted by Gasteiger charge is 2.29. The van der Waals surface area contributed by atoms with Crippen LogP contribution in [0.25, 0.3) is 0 Å². The zero-order chi connectivity index (χ0) is 13.5. The average Bonchev–Trinajstić information content (AvgIpc) is 2.11. The topological polar surface area (TPSA) is 52.3 Å². The predicted molar refractivity (Wildman–Crippen MR) is 71.8 cm³/mol. The van der Waals surface area contributed by atoms with Crippen LogP contribution in [0.1, 0.15) is 73.1 Å². The fourth-order valence-corrected chi connectivity index (χ4v) is 1.99. The molecule has 0 aromatic carbocycles. The monoisotopic (exact) mass is 243 g/mol. The molecule has 0 unspecified atom stereocenters. The van der Waals surface area contributed by atoms with Crippen LogP contribution in [0.15, 0.2) is 0 Å². The number of nitrogens with two attached hydrogens (primary N) is 1. The van der Waals surface area contributed by atoms with Crippen molar-refractivity contribution in [2.75, 3.05) is 0 Å². The first-order chi connectivity index (χ1) is 7.72. The third kappa shape index (κ3) is 8.19. The number of carbonyl (C=O) groups excluding carboxylic acids is 1. The number of ether oxygens (including phenoxy) is 1. The summed E-state index contributed by atoms with van der Waals surface area (Å²) in [6.45, 7) is 9.89. The largest absolute Gasteiger partial charge is 0.460 e. The van der Waals surface area contributed by atoms with Gasteiger partial charge in [-0.1, -0.05) is 33.1 Å². The molecule has 0 rings (SSSR count). The van der Waals surface area contributed by atoms with E-state index < -0.39 is 5.60 Å². The maximum atomic E-state index is 11.8. The summed E-state index contributed by atoms with van der Waals surface area (Å²) < 4.78 is 5.34. The van der Waals surface area contributed by atoms with E-state index in [2.05, 4.69) is 13.8 Å². The molecule has 3 heteroatoms. The van der Waals surface area contributed by atoms with Gasteiger partial charge in [0.1, 0.15) is 5.60 Å². The van der Waals surface area contributed by atoms with Crippen LogP contribution in [0.3, 0.4) is 0 Å².